The molecule has 0 atom stereocenters. The minimum atomic E-state index is -0.920. The fraction of sp³-hybridized carbons (Fsp3) is 0.818. The molecule has 0 bridgehead atoms. The first-order valence-corrected chi connectivity index (χ1v) is 5.90. The van der Waals surface area contributed by atoms with Gasteiger partial charge in [-0.2, -0.15) is 5.26 Å². The van der Waals surface area contributed by atoms with Crippen molar-refractivity contribution in [2.75, 3.05) is 39.5 Å². The van der Waals surface area contributed by atoms with Crippen LogP contribution in [0.2, 0.25) is 0 Å². The van der Waals surface area contributed by atoms with Crippen LogP contribution < -0.4 is 5.43 Å². The Morgan fingerprint density at radius 1 is 1.18 bits per heavy atom. The van der Waals surface area contributed by atoms with E-state index in [2.05, 4.69) is 11.5 Å². The van der Waals surface area contributed by atoms with Crippen molar-refractivity contribution in [2.45, 2.75) is 12.8 Å². The van der Waals surface area contributed by atoms with Crippen LogP contribution in [-0.4, -0.2) is 50.4 Å². The first-order chi connectivity index (χ1) is 8.27. The molecule has 0 radical (unpaired) electrons. The molecule has 1 N–H and O–H groups in total. The summed E-state index contributed by atoms with van der Waals surface area (Å²) < 4.78 is 10.4. The van der Waals surface area contributed by atoms with Gasteiger partial charge >= 0.3 is 0 Å². The van der Waals surface area contributed by atoms with E-state index >= 15 is 0 Å². The number of carbonyl (C=O) groups excluding carboxylic acids is 1. The van der Waals surface area contributed by atoms with Crippen molar-refractivity contribution in [3.05, 3.63) is 0 Å². The van der Waals surface area contributed by atoms with Gasteiger partial charge in [-0.05, 0) is 12.8 Å². The van der Waals surface area contributed by atoms with Crippen molar-refractivity contribution in [3.8, 4) is 6.07 Å². The van der Waals surface area contributed by atoms with E-state index in [1.54, 1.807) is 0 Å². The van der Waals surface area contributed by atoms with E-state index in [1.165, 1.54) is 0 Å². The number of nitrogens with one attached hydrogen (secondary N) is 1. The van der Waals surface area contributed by atoms with E-state index in [0.717, 1.165) is 0 Å². The standard InChI is InChI=1S/C11H17N3O3/c12-9-11(1-5-16-6-2-11)10(15)13-14-3-7-17-8-4-14/h1-8H2,(H,13,15). The fourth-order valence-corrected chi connectivity index (χ4v) is 2.04. The quantitative estimate of drug-likeness (QED) is 0.714. The van der Waals surface area contributed by atoms with Gasteiger partial charge in [-0.3, -0.25) is 10.2 Å². The largest absolute Gasteiger partial charge is 0.381 e. The Hall–Kier alpha value is -1.16. The Kier molecular flexibility index (Phi) is 3.94. The lowest BCUT2D eigenvalue weighted by atomic mass is 9.81. The molecule has 2 aliphatic rings. The summed E-state index contributed by atoms with van der Waals surface area (Å²) in [5, 5.41) is 11.1. The highest BCUT2D eigenvalue weighted by Gasteiger charge is 2.41. The van der Waals surface area contributed by atoms with Gasteiger partial charge in [0.1, 0.15) is 5.41 Å². The van der Waals surface area contributed by atoms with Crippen molar-refractivity contribution in [1.82, 2.24) is 10.4 Å². The number of nitrogens with zero attached hydrogens (tertiary/aromatic N) is 2. The van der Waals surface area contributed by atoms with E-state index in [9.17, 15) is 10.1 Å². The van der Waals surface area contributed by atoms with Gasteiger partial charge in [0.15, 0.2) is 0 Å². The second-order valence-corrected chi connectivity index (χ2v) is 4.35. The molecule has 2 heterocycles. The molecular weight excluding hydrogens is 222 g/mol. The van der Waals surface area contributed by atoms with Gasteiger partial charge in [0.2, 0.25) is 0 Å². The maximum Gasteiger partial charge on any atom is 0.254 e. The van der Waals surface area contributed by atoms with Gasteiger partial charge < -0.3 is 9.47 Å². The summed E-state index contributed by atoms with van der Waals surface area (Å²) in [5.41, 5.74) is 1.90. The summed E-state index contributed by atoms with van der Waals surface area (Å²) in [6.07, 6.45) is 0.944. The molecule has 6 nitrogen and oxygen atoms in total. The molecule has 0 spiro atoms. The Morgan fingerprint density at radius 2 is 1.76 bits per heavy atom. The average Bonchev–Trinajstić information content (AvgIpc) is 2.40. The average molecular weight is 239 g/mol. The smallest absolute Gasteiger partial charge is 0.254 e. The highest BCUT2D eigenvalue weighted by molar-refractivity contribution is 5.85. The molecule has 2 fully saturated rings. The van der Waals surface area contributed by atoms with Crippen LogP contribution in [0, 0.1) is 16.7 Å². The van der Waals surface area contributed by atoms with E-state index in [-0.39, 0.29) is 5.91 Å². The molecule has 0 unspecified atom stereocenters. The molecule has 0 saturated carbocycles. The van der Waals surface area contributed by atoms with E-state index in [4.69, 9.17) is 9.47 Å². The molecule has 0 aromatic heterocycles. The molecule has 94 valence electrons. The maximum atomic E-state index is 12.1. The second kappa shape index (κ2) is 5.45. The van der Waals surface area contributed by atoms with E-state index in [1.807, 2.05) is 5.01 Å². The Balaban J connectivity index is 1.94. The van der Waals surface area contributed by atoms with Gasteiger partial charge in [-0.15, -0.1) is 0 Å². The normalized spacial score (nSPS) is 24.9. The number of nitriles is 1. The number of carbonyl (C=O) groups is 1. The molecule has 2 aliphatic heterocycles. The minimum absolute atomic E-state index is 0.204. The molecule has 2 rings (SSSR count). The zero-order valence-electron chi connectivity index (χ0n) is 9.78. The van der Waals surface area contributed by atoms with Crippen LogP contribution in [0.4, 0.5) is 0 Å². The van der Waals surface area contributed by atoms with Crippen LogP contribution in [0.25, 0.3) is 0 Å². The summed E-state index contributed by atoms with van der Waals surface area (Å²) in [5.74, 6) is -0.204. The maximum absolute atomic E-state index is 12.1. The molecule has 0 aliphatic carbocycles. The second-order valence-electron chi connectivity index (χ2n) is 4.35. The van der Waals surface area contributed by atoms with Crippen LogP contribution >= 0.6 is 0 Å². The summed E-state index contributed by atoms with van der Waals surface area (Å²) in [6, 6.07) is 2.16. The lowest BCUT2D eigenvalue weighted by molar-refractivity contribution is -0.139. The molecule has 2 saturated heterocycles. The summed E-state index contributed by atoms with van der Waals surface area (Å²) in [4.78, 5) is 12.1. The zero-order valence-corrected chi connectivity index (χ0v) is 9.78. The SMILES string of the molecule is N#CC1(C(=O)NN2CCOCC2)CCOCC1. The molecule has 0 aromatic carbocycles. The number of hydrogen-bond acceptors (Lipinski definition) is 5. The molecule has 17 heavy (non-hydrogen) atoms. The molecule has 1 amide bonds. The number of hydrazine groups is 1. The van der Waals surface area contributed by atoms with Gasteiger partial charge in [-0.25, -0.2) is 5.01 Å². The topological polar surface area (TPSA) is 74.6 Å². The number of ether oxygens (including phenoxy) is 2. The highest BCUT2D eigenvalue weighted by atomic mass is 16.5. The lowest BCUT2D eigenvalue weighted by Crippen LogP contribution is -2.54. The molecule has 0 aromatic rings. The highest BCUT2D eigenvalue weighted by Crippen LogP contribution is 2.29. The third-order valence-electron chi connectivity index (χ3n) is 3.27. The third-order valence-corrected chi connectivity index (χ3v) is 3.27. The van der Waals surface area contributed by atoms with Crippen molar-refractivity contribution in [3.63, 3.8) is 0 Å². The zero-order chi connectivity index (χ0) is 12.1. The van der Waals surface area contributed by atoms with Crippen LogP contribution in [0.5, 0.6) is 0 Å². The monoisotopic (exact) mass is 239 g/mol. The lowest BCUT2D eigenvalue weighted by Gasteiger charge is -2.33. The van der Waals surface area contributed by atoms with Gasteiger partial charge in [-0.1, -0.05) is 0 Å². The number of amides is 1. The van der Waals surface area contributed by atoms with E-state index < -0.39 is 5.41 Å². The molecule has 6 heteroatoms. The van der Waals surface area contributed by atoms with Gasteiger partial charge in [0.25, 0.3) is 5.91 Å². The number of hydrogen-bond donors (Lipinski definition) is 1. The summed E-state index contributed by atoms with van der Waals surface area (Å²) in [6.45, 7) is 3.52. The van der Waals surface area contributed by atoms with Crippen molar-refractivity contribution in [1.29, 1.82) is 5.26 Å². The third kappa shape index (κ3) is 2.75. The van der Waals surface area contributed by atoms with Crippen molar-refractivity contribution in [2.24, 2.45) is 5.41 Å². The first kappa shape index (κ1) is 12.3. The first-order valence-electron chi connectivity index (χ1n) is 5.90. The predicted molar refractivity (Wildman–Crippen MR) is 58.6 cm³/mol. The van der Waals surface area contributed by atoms with Crippen molar-refractivity contribution < 1.29 is 14.3 Å². The predicted octanol–water partition coefficient (Wildman–Crippen LogP) is -0.330. The Bertz CT molecular complexity index is 314. The fourth-order valence-electron chi connectivity index (χ4n) is 2.04. The van der Waals surface area contributed by atoms with Crippen LogP contribution in [0.3, 0.4) is 0 Å². The number of morpholine rings is 1. The van der Waals surface area contributed by atoms with Gasteiger partial charge in [0.05, 0.1) is 19.3 Å². The summed E-state index contributed by atoms with van der Waals surface area (Å²) >= 11 is 0. The minimum Gasteiger partial charge on any atom is -0.381 e. The summed E-state index contributed by atoms with van der Waals surface area (Å²) in [7, 11) is 0. The Labute approximate surface area is 100 Å². The number of rotatable bonds is 2. The Morgan fingerprint density at radius 3 is 2.35 bits per heavy atom. The molecular formula is C11H17N3O3. The van der Waals surface area contributed by atoms with Crippen molar-refractivity contribution >= 4 is 5.91 Å². The van der Waals surface area contributed by atoms with Crippen LogP contribution in [0.15, 0.2) is 0 Å². The van der Waals surface area contributed by atoms with E-state index in [0.29, 0.717) is 52.4 Å². The van der Waals surface area contributed by atoms with Gasteiger partial charge in [0, 0.05) is 26.3 Å². The van der Waals surface area contributed by atoms with Crippen LogP contribution in [0.1, 0.15) is 12.8 Å². The van der Waals surface area contributed by atoms with Crippen LogP contribution in [-0.2, 0) is 14.3 Å².